The molecule has 24 heavy (non-hydrogen) atoms. The number of carbonyl (C=O) groups excluding carboxylic acids is 1. The summed E-state index contributed by atoms with van der Waals surface area (Å²) in [6, 6.07) is 5.92. The molecule has 0 aliphatic heterocycles. The second kappa shape index (κ2) is 10.2. The molecule has 0 N–H and O–H groups in total. The van der Waals surface area contributed by atoms with Gasteiger partial charge in [-0.25, -0.2) is 4.79 Å². The lowest BCUT2D eigenvalue weighted by Gasteiger charge is -2.11. The van der Waals surface area contributed by atoms with Crippen LogP contribution in [-0.2, 0) is 9.53 Å². The van der Waals surface area contributed by atoms with Crippen molar-refractivity contribution in [2.75, 3.05) is 13.2 Å². The highest BCUT2D eigenvalue weighted by Crippen LogP contribution is 2.30. The van der Waals surface area contributed by atoms with Crippen LogP contribution in [0.1, 0.15) is 32.3 Å². The Bertz CT molecular complexity index is 624. The maximum atomic E-state index is 12.4. The Morgan fingerprint density at radius 3 is 2.67 bits per heavy atom. The third kappa shape index (κ3) is 6.24. The SMILES string of the molecule is CCCCOC(=O)C(C#N)=Cc1ccc(OC(F)F)c(OCC)c1. The lowest BCUT2D eigenvalue weighted by Crippen LogP contribution is -2.08. The monoisotopic (exact) mass is 339 g/mol. The van der Waals surface area contributed by atoms with E-state index in [0.717, 1.165) is 6.42 Å². The minimum Gasteiger partial charge on any atom is -0.490 e. The van der Waals surface area contributed by atoms with Crippen LogP contribution in [0.25, 0.3) is 6.08 Å². The van der Waals surface area contributed by atoms with E-state index in [1.807, 2.05) is 6.92 Å². The number of rotatable bonds is 9. The van der Waals surface area contributed by atoms with Gasteiger partial charge in [-0.1, -0.05) is 19.4 Å². The molecule has 0 aliphatic carbocycles. The number of hydrogen-bond acceptors (Lipinski definition) is 5. The summed E-state index contributed by atoms with van der Waals surface area (Å²) in [6.07, 6.45) is 2.88. The van der Waals surface area contributed by atoms with Crippen molar-refractivity contribution in [3.63, 3.8) is 0 Å². The number of ether oxygens (including phenoxy) is 3. The fraction of sp³-hybridized carbons (Fsp3) is 0.412. The Balaban J connectivity index is 3.00. The van der Waals surface area contributed by atoms with Crippen molar-refractivity contribution in [1.82, 2.24) is 0 Å². The van der Waals surface area contributed by atoms with Gasteiger partial charge in [-0.3, -0.25) is 0 Å². The molecule has 1 rings (SSSR count). The highest BCUT2D eigenvalue weighted by molar-refractivity contribution is 5.97. The normalized spacial score (nSPS) is 11.1. The second-order valence-electron chi connectivity index (χ2n) is 4.68. The molecule has 0 spiro atoms. The van der Waals surface area contributed by atoms with Gasteiger partial charge in [0.05, 0.1) is 13.2 Å². The third-order valence-corrected chi connectivity index (χ3v) is 2.87. The van der Waals surface area contributed by atoms with Gasteiger partial charge in [0.25, 0.3) is 0 Å². The number of alkyl halides is 2. The largest absolute Gasteiger partial charge is 0.490 e. The van der Waals surface area contributed by atoms with Crippen molar-refractivity contribution < 1.29 is 27.8 Å². The van der Waals surface area contributed by atoms with Gasteiger partial charge in [0.1, 0.15) is 11.6 Å². The van der Waals surface area contributed by atoms with E-state index in [1.165, 1.54) is 24.3 Å². The summed E-state index contributed by atoms with van der Waals surface area (Å²) >= 11 is 0. The van der Waals surface area contributed by atoms with E-state index in [2.05, 4.69) is 4.74 Å². The van der Waals surface area contributed by atoms with Crippen LogP contribution >= 0.6 is 0 Å². The predicted molar refractivity (Wildman–Crippen MR) is 83.7 cm³/mol. The van der Waals surface area contributed by atoms with Gasteiger partial charge in [0.15, 0.2) is 11.5 Å². The zero-order chi connectivity index (χ0) is 17.9. The summed E-state index contributed by atoms with van der Waals surface area (Å²) in [4.78, 5) is 11.8. The van der Waals surface area contributed by atoms with Crippen LogP contribution in [0.4, 0.5) is 8.78 Å². The van der Waals surface area contributed by atoms with Crippen molar-refractivity contribution >= 4 is 12.0 Å². The van der Waals surface area contributed by atoms with Gasteiger partial charge in [0.2, 0.25) is 0 Å². The highest BCUT2D eigenvalue weighted by atomic mass is 19.3. The van der Waals surface area contributed by atoms with Crippen LogP contribution in [-0.4, -0.2) is 25.8 Å². The Hall–Kier alpha value is -2.62. The van der Waals surface area contributed by atoms with E-state index in [0.29, 0.717) is 12.0 Å². The first-order chi connectivity index (χ1) is 11.5. The summed E-state index contributed by atoms with van der Waals surface area (Å²) in [7, 11) is 0. The average Bonchev–Trinajstić information content (AvgIpc) is 2.54. The summed E-state index contributed by atoms with van der Waals surface area (Å²) in [6.45, 7) is 1.15. The van der Waals surface area contributed by atoms with Crippen molar-refractivity contribution in [2.45, 2.75) is 33.3 Å². The molecule has 0 saturated carbocycles. The van der Waals surface area contributed by atoms with Crippen LogP contribution in [0.2, 0.25) is 0 Å². The summed E-state index contributed by atoms with van der Waals surface area (Å²) in [5.74, 6) is -0.743. The fourth-order valence-electron chi connectivity index (χ4n) is 1.77. The first kappa shape index (κ1) is 19.4. The van der Waals surface area contributed by atoms with Crippen molar-refractivity contribution in [2.24, 2.45) is 0 Å². The van der Waals surface area contributed by atoms with E-state index < -0.39 is 12.6 Å². The summed E-state index contributed by atoms with van der Waals surface area (Å²) in [5, 5.41) is 9.09. The van der Waals surface area contributed by atoms with Crippen molar-refractivity contribution in [1.29, 1.82) is 5.26 Å². The first-order valence-electron chi connectivity index (χ1n) is 7.52. The predicted octanol–water partition coefficient (Wildman–Crippen LogP) is 3.94. The zero-order valence-electron chi connectivity index (χ0n) is 13.6. The van der Waals surface area contributed by atoms with Gasteiger partial charge in [-0.05, 0) is 37.1 Å². The van der Waals surface area contributed by atoms with Crippen LogP contribution in [0.3, 0.4) is 0 Å². The molecule has 7 heteroatoms. The number of benzene rings is 1. The molecular weight excluding hydrogens is 320 g/mol. The Labute approximate surface area is 139 Å². The molecule has 0 aliphatic rings. The molecule has 1 aromatic rings. The molecule has 130 valence electrons. The first-order valence-corrected chi connectivity index (χ1v) is 7.52. The Morgan fingerprint density at radius 2 is 2.08 bits per heavy atom. The fourth-order valence-corrected chi connectivity index (χ4v) is 1.77. The number of nitriles is 1. The Kier molecular flexibility index (Phi) is 8.26. The molecular formula is C17H19F2NO4. The minimum absolute atomic E-state index is 0.100. The molecule has 0 bridgehead atoms. The van der Waals surface area contributed by atoms with Crippen LogP contribution in [0, 0.1) is 11.3 Å². The molecule has 0 radical (unpaired) electrons. The number of esters is 1. The van der Waals surface area contributed by atoms with Gasteiger partial charge in [-0.2, -0.15) is 14.0 Å². The van der Waals surface area contributed by atoms with E-state index in [4.69, 9.17) is 14.7 Å². The second-order valence-corrected chi connectivity index (χ2v) is 4.68. The van der Waals surface area contributed by atoms with Crippen molar-refractivity contribution in [3.05, 3.63) is 29.3 Å². The van der Waals surface area contributed by atoms with Crippen molar-refractivity contribution in [3.8, 4) is 17.6 Å². The molecule has 0 heterocycles. The van der Waals surface area contributed by atoms with E-state index >= 15 is 0 Å². The molecule has 5 nitrogen and oxygen atoms in total. The molecule has 0 aromatic heterocycles. The number of nitrogens with zero attached hydrogens (tertiary/aromatic N) is 1. The number of halogens is 2. The minimum atomic E-state index is -2.98. The summed E-state index contributed by atoms with van der Waals surface area (Å²) < 4.78 is 39.3. The maximum absolute atomic E-state index is 12.4. The molecule has 0 atom stereocenters. The number of carbonyl (C=O) groups is 1. The van der Waals surface area contributed by atoms with Gasteiger partial charge in [0, 0.05) is 0 Å². The van der Waals surface area contributed by atoms with Gasteiger partial charge >= 0.3 is 12.6 Å². The highest BCUT2D eigenvalue weighted by Gasteiger charge is 2.14. The van der Waals surface area contributed by atoms with E-state index in [1.54, 1.807) is 13.0 Å². The maximum Gasteiger partial charge on any atom is 0.387 e. The lowest BCUT2D eigenvalue weighted by atomic mass is 10.1. The molecule has 0 amide bonds. The van der Waals surface area contributed by atoms with Gasteiger partial charge < -0.3 is 14.2 Å². The van der Waals surface area contributed by atoms with E-state index in [9.17, 15) is 13.6 Å². The topological polar surface area (TPSA) is 68.6 Å². The molecule has 1 aromatic carbocycles. The lowest BCUT2D eigenvalue weighted by molar-refractivity contribution is -0.138. The number of hydrogen-bond donors (Lipinski definition) is 0. The smallest absolute Gasteiger partial charge is 0.387 e. The Morgan fingerprint density at radius 1 is 1.33 bits per heavy atom. The molecule has 0 unspecified atom stereocenters. The van der Waals surface area contributed by atoms with Crippen LogP contribution in [0.5, 0.6) is 11.5 Å². The van der Waals surface area contributed by atoms with Gasteiger partial charge in [-0.15, -0.1) is 0 Å². The number of unbranched alkanes of at least 4 members (excludes halogenated alkanes) is 1. The molecule has 0 fully saturated rings. The zero-order valence-corrected chi connectivity index (χ0v) is 13.6. The van der Waals surface area contributed by atoms with Crippen LogP contribution in [0.15, 0.2) is 23.8 Å². The van der Waals surface area contributed by atoms with Crippen LogP contribution < -0.4 is 9.47 Å². The third-order valence-electron chi connectivity index (χ3n) is 2.87. The van der Waals surface area contributed by atoms with E-state index in [-0.39, 0.29) is 30.3 Å². The quantitative estimate of drug-likeness (QED) is 0.295. The average molecular weight is 339 g/mol. The molecule has 0 saturated heterocycles. The summed E-state index contributed by atoms with van der Waals surface area (Å²) in [5.41, 5.74) is 0.250. The standard InChI is InChI=1S/C17H19F2NO4/c1-3-5-8-23-16(21)13(11-20)9-12-6-7-14(24-17(18)19)15(10-12)22-4-2/h6-7,9-10,17H,3-5,8H2,1-2H3.